The van der Waals surface area contributed by atoms with Crippen LogP contribution in [0.3, 0.4) is 0 Å². The number of benzene rings is 1. The van der Waals surface area contributed by atoms with Crippen LogP contribution < -0.4 is 16.0 Å². The van der Waals surface area contributed by atoms with E-state index in [4.69, 9.17) is 9.15 Å². The zero-order valence-corrected chi connectivity index (χ0v) is 19.4. The average Bonchev–Trinajstić information content (AvgIpc) is 3.27. The smallest absolute Gasteiger partial charge is 0.338 e. The van der Waals surface area contributed by atoms with Gasteiger partial charge in [0.15, 0.2) is 5.76 Å². The number of furan rings is 1. The molecule has 3 amide bonds. The quantitative estimate of drug-likeness (QED) is 0.541. The highest BCUT2D eigenvalue weighted by Crippen LogP contribution is 2.28. The Morgan fingerprint density at radius 2 is 1.88 bits per heavy atom. The minimum Gasteiger partial charge on any atom is -0.463 e. The van der Waals surface area contributed by atoms with Gasteiger partial charge >= 0.3 is 12.0 Å². The molecule has 2 aliphatic heterocycles. The van der Waals surface area contributed by atoms with Crippen molar-refractivity contribution in [2.75, 3.05) is 26.2 Å². The van der Waals surface area contributed by atoms with Crippen molar-refractivity contribution < 1.29 is 23.5 Å². The van der Waals surface area contributed by atoms with Crippen LogP contribution in [-0.2, 0) is 9.53 Å². The van der Waals surface area contributed by atoms with Crippen molar-refractivity contribution in [3.63, 3.8) is 0 Å². The number of hydrogen-bond acceptors (Lipinski definition) is 6. The minimum absolute atomic E-state index is 0.0346. The van der Waals surface area contributed by atoms with Gasteiger partial charge in [0.2, 0.25) is 0 Å². The van der Waals surface area contributed by atoms with E-state index in [1.54, 1.807) is 26.0 Å². The fourth-order valence-corrected chi connectivity index (χ4v) is 4.36. The number of carbonyl (C=O) groups is 3. The van der Waals surface area contributed by atoms with Crippen LogP contribution in [0.2, 0.25) is 0 Å². The molecule has 2 aromatic rings. The Balaban J connectivity index is 1.45. The molecule has 9 heteroatoms. The van der Waals surface area contributed by atoms with Gasteiger partial charge < -0.3 is 25.1 Å². The van der Waals surface area contributed by atoms with Crippen LogP contribution in [0.25, 0.3) is 0 Å². The Labute approximate surface area is 198 Å². The number of aryl methyl sites for hydroxylation is 1. The number of esters is 1. The zero-order valence-electron chi connectivity index (χ0n) is 19.4. The maximum atomic E-state index is 12.9. The molecule has 3 heterocycles. The number of piperidine rings is 1. The monoisotopic (exact) mass is 466 g/mol. The Kier molecular flexibility index (Phi) is 7.32. The zero-order chi connectivity index (χ0) is 24.1. The molecule has 0 aliphatic carbocycles. The third kappa shape index (κ3) is 5.48. The van der Waals surface area contributed by atoms with Crippen molar-refractivity contribution in [2.45, 2.75) is 38.8 Å². The van der Waals surface area contributed by atoms with Gasteiger partial charge in [-0.05, 0) is 44.4 Å². The molecule has 9 nitrogen and oxygen atoms in total. The number of hydrogen-bond donors (Lipinski definition) is 3. The number of urea groups is 1. The van der Waals surface area contributed by atoms with E-state index in [1.807, 2.05) is 30.3 Å². The molecular weight excluding hydrogens is 436 g/mol. The molecule has 180 valence electrons. The van der Waals surface area contributed by atoms with Gasteiger partial charge in [-0.1, -0.05) is 30.3 Å². The van der Waals surface area contributed by atoms with Crippen molar-refractivity contribution in [3.8, 4) is 0 Å². The average molecular weight is 467 g/mol. The molecule has 1 unspecified atom stereocenters. The van der Waals surface area contributed by atoms with Crippen LogP contribution in [0.5, 0.6) is 0 Å². The largest absolute Gasteiger partial charge is 0.463 e. The van der Waals surface area contributed by atoms with Crippen LogP contribution in [0.15, 0.2) is 58.2 Å². The summed E-state index contributed by atoms with van der Waals surface area (Å²) in [4.78, 5) is 39.9. The van der Waals surface area contributed by atoms with Gasteiger partial charge in [-0.15, -0.1) is 0 Å². The second-order valence-electron chi connectivity index (χ2n) is 8.49. The van der Waals surface area contributed by atoms with Crippen molar-refractivity contribution in [1.29, 1.82) is 0 Å². The first-order chi connectivity index (χ1) is 16.4. The van der Waals surface area contributed by atoms with Crippen LogP contribution in [-0.4, -0.2) is 55.1 Å². The lowest BCUT2D eigenvalue weighted by Gasteiger charge is -2.35. The summed E-state index contributed by atoms with van der Waals surface area (Å²) in [5.41, 5.74) is 1.77. The van der Waals surface area contributed by atoms with Crippen molar-refractivity contribution in [2.24, 2.45) is 0 Å². The molecule has 3 N–H and O–H groups in total. The molecule has 34 heavy (non-hydrogen) atoms. The predicted molar refractivity (Wildman–Crippen MR) is 125 cm³/mol. The van der Waals surface area contributed by atoms with Gasteiger partial charge in [-0.25, -0.2) is 9.59 Å². The van der Waals surface area contributed by atoms with E-state index < -0.39 is 12.0 Å². The fraction of sp³-hybridized carbons (Fsp3) is 0.400. The van der Waals surface area contributed by atoms with Crippen LogP contribution >= 0.6 is 0 Å². The second-order valence-corrected chi connectivity index (χ2v) is 8.49. The number of ether oxygens (including phenoxy) is 1. The van der Waals surface area contributed by atoms with Crippen molar-refractivity contribution in [3.05, 3.63) is 70.8 Å². The summed E-state index contributed by atoms with van der Waals surface area (Å²) in [6.07, 6.45) is 1.50. The molecular formula is C25H30N4O5. The first-order valence-corrected chi connectivity index (χ1v) is 11.6. The summed E-state index contributed by atoms with van der Waals surface area (Å²) in [5, 5.41) is 8.70. The van der Waals surface area contributed by atoms with Gasteiger partial charge in [-0.3, -0.25) is 9.69 Å². The molecule has 1 atom stereocenters. The van der Waals surface area contributed by atoms with Crippen LogP contribution in [0.4, 0.5) is 4.79 Å². The SMILES string of the molecule is CCOC(=O)C1=C(CN2CCC(NC(=O)c3ccc(C)o3)CC2)NC(=O)NC1c1ccccc1. The van der Waals surface area contributed by atoms with E-state index >= 15 is 0 Å². The molecule has 4 rings (SSSR count). The predicted octanol–water partition coefficient (Wildman–Crippen LogP) is 2.65. The lowest BCUT2D eigenvalue weighted by Crippen LogP contribution is -2.50. The van der Waals surface area contributed by atoms with Crippen molar-refractivity contribution in [1.82, 2.24) is 20.9 Å². The van der Waals surface area contributed by atoms with Crippen LogP contribution in [0.1, 0.15) is 47.7 Å². The number of likely N-dealkylation sites (tertiary alicyclic amines) is 1. The van der Waals surface area contributed by atoms with Gasteiger partial charge in [-0.2, -0.15) is 0 Å². The summed E-state index contributed by atoms with van der Waals surface area (Å²) in [6.45, 7) is 5.63. The van der Waals surface area contributed by atoms with E-state index in [-0.39, 0.29) is 24.6 Å². The van der Waals surface area contributed by atoms with Gasteiger partial charge in [0, 0.05) is 31.4 Å². The van der Waals surface area contributed by atoms with Crippen molar-refractivity contribution >= 4 is 17.9 Å². The Morgan fingerprint density at radius 3 is 2.53 bits per heavy atom. The molecule has 1 aromatic heterocycles. The standard InChI is InChI=1S/C25H30N4O5/c1-3-33-24(31)21-19(27-25(32)28-22(21)17-7-5-4-6-8-17)15-29-13-11-18(12-14-29)26-23(30)20-10-9-16(2)34-20/h4-10,18,22H,3,11-15H2,1-2H3,(H,26,30)(H2,27,28,32). The molecule has 1 saturated heterocycles. The third-order valence-corrected chi connectivity index (χ3v) is 6.05. The lowest BCUT2D eigenvalue weighted by atomic mass is 9.94. The van der Waals surface area contributed by atoms with E-state index in [0.717, 1.165) is 18.4 Å². The Hall–Kier alpha value is -3.59. The topological polar surface area (TPSA) is 113 Å². The first kappa shape index (κ1) is 23.6. The molecule has 0 bridgehead atoms. The first-order valence-electron chi connectivity index (χ1n) is 11.6. The molecule has 2 aliphatic rings. The number of carbonyl (C=O) groups excluding carboxylic acids is 3. The van der Waals surface area contributed by atoms with E-state index in [9.17, 15) is 14.4 Å². The van der Waals surface area contributed by atoms with Gasteiger partial charge in [0.05, 0.1) is 18.2 Å². The fourth-order valence-electron chi connectivity index (χ4n) is 4.36. The van der Waals surface area contributed by atoms with E-state index in [2.05, 4.69) is 20.9 Å². The molecule has 0 saturated carbocycles. The number of amides is 3. The molecule has 0 spiro atoms. The molecule has 0 radical (unpaired) electrons. The molecule has 1 aromatic carbocycles. The Morgan fingerprint density at radius 1 is 1.15 bits per heavy atom. The summed E-state index contributed by atoms with van der Waals surface area (Å²) < 4.78 is 10.7. The third-order valence-electron chi connectivity index (χ3n) is 6.05. The van der Waals surface area contributed by atoms with Crippen LogP contribution in [0, 0.1) is 6.92 Å². The van der Waals surface area contributed by atoms with E-state index in [0.29, 0.717) is 42.4 Å². The molecule has 1 fully saturated rings. The van der Waals surface area contributed by atoms with Gasteiger partial charge in [0.1, 0.15) is 5.76 Å². The number of rotatable bonds is 7. The Bertz CT molecular complexity index is 1070. The van der Waals surface area contributed by atoms with E-state index in [1.165, 1.54) is 0 Å². The summed E-state index contributed by atoms with van der Waals surface area (Å²) in [5.74, 6) is 0.349. The summed E-state index contributed by atoms with van der Waals surface area (Å²) in [6, 6.07) is 11.9. The highest BCUT2D eigenvalue weighted by atomic mass is 16.5. The normalized spacial score (nSPS) is 19.4. The maximum Gasteiger partial charge on any atom is 0.338 e. The number of nitrogens with one attached hydrogen (secondary N) is 3. The highest BCUT2D eigenvalue weighted by Gasteiger charge is 2.34. The van der Waals surface area contributed by atoms with Gasteiger partial charge in [0.25, 0.3) is 5.91 Å². The summed E-state index contributed by atoms with van der Waals surface area (Å²) >= 11 is 0. The lowest BCUT2D eigenvalue weighted by molar-refractivity contribution is -0.139. The minimum atomic E-state index is -0.586. The highest BCUT2D eigenvalue weighted by molar-refractivity contribution is 5.95. The summed E-state index contributed by atoms with van der Waals surface area (Å²) in [7, 11) is 0. The second kappa shape index (κ2) is 10.6. The number of nitrogens with zero attached hydrogens (tertiary/aromatic N) is 1. The maximum absolute atomic E-state index is 12.9.